The third-order valence-corrected chi connectivity index (χ3v) is 4.14. The first-order valence-corrected chi connectivity index (χ1v) is 7.88. The molecule has 2 rings (SSSR count). The largest absolute Gasteiger partial charge is 0.367 e. The molecule has 1 aromatic rings. The van der Waals surface area contributed by atoms with Crippen LogP contribution in [0.4, 0.5) is 5.69 Å². The second kappa shape index (κ2) is 7.60. The number of anilines is 1. The van der Waals surface area contributed by atoms with E-state index in [1.807, 2.05) is 12.4 Å². The summed E-state index contributed by atoms with van der Waals surface area (Å²) in [6.45, 7) is 13.3. The molecule has 1 fully saturated rings. The predicted octanol–water partition coefficient (Wildman–Crippen LogP) is 2.11. The number of nitrogens with one attached hydrogen (secondary N) is 1. The molecule has 1 aliphatic heterocycles. The van der Waals surface area contributed by atoms with Crippen molar-refractivity contribution in [2.75, 3.05) is 37.6 Å². The summed E-state index contributed by atoms with van der Waals surface area (Å²) >= 11 is 0. The summed E-state index contributed by atoms with van der Waals surface area (Å²) in [6.07, 6.45) is 5.10. The van der Waals surface area contributed by atoms with Crippen LogP contribution >= 0.6 is 0 Å². The minimum Gasteiger partial charge on any atom is -0.367 e. The van der Waals surface area contributed by atoms with Gasteiger partial charge in [0.2, 0.25) is 0 Å². The Bertz CT molecular complexity index is 407. The van der Waals surface area contributed by atoms with E-state index in [4.69, 9.17) is 0 Å². The van der Waals surface area contributed by atoms with E-state index in [0.717, 1.165) is 39.3 Å². The molecule has 0 spiro atoms. The molecule has 0 radical (unpaired) electrons. The molecule has 0 bridgehead atoms. The molecule has 0 amide bonds. The van der Waals surface area contributed by atoms with E-state index in [9.17, 15) is 0 Å². The lowest BCUT2D eigenvalue weighted by Gasteiger charge is -2.41. The van der Waals surface area contributed by atoms with Crippen LogP contribution in [0.1, 0.15) is 32.8 Å². The quantitative estimate of drug-likeness (QED) is 0.806. The van der Waals surface area contributed by atoms with E-state index >= 15 is 0 Å². The lowest BCUT2D eigenvalue weighted by molar-refractivity contribution is 0.199. The van der Waals surface area contributed by atoms with Crippen molar-refractivity contribution in [1.29, 1.82) is 0 Å². The predicted molar refractivity (Wildman–Crippen MR) is 85.2 cm³/mol. The molecule has 0 aliphatic carbocycles. The van der Waals surface area contributed by atoms with Crippen molar-refractivity contribution in [2.45, 2.75) is 39.8 Å². The zero-order valence-corrected chi connectivity index (χ0v) is 13.1. The summed E-state index contributed by atoms with van der Waals surface area (Å²) in [5.41, 5.74) is 2.67. The molecule has 1 unspecified atom stereocenters. The Morgan fingerprint density at radius 2 is 2.20 bits per heavy atom. The first kappa shape index (κ1) is 15.3. The van der Waals surface area contributed by atoms with E-state index in [-0.39, 0.29) is 0 Å². The topological polar surface area (TPSA) is 31.4 Å². The lowest BCUT2D eigenvalue weighted by Crippen LogP contribution is -2.52. The monoisotopic (exact) mass is 276 g/mol. The van der Waals surface area contributed by atoms with Gasteiger partial charge >= 0.3 is 0 Å². The smallest absolute Gasteiger partial charge is 0.0599 e. The van der Waals surface area contributed by atoms with Crippen LogP contribution in [0.5, 0.6) is 0 Å². The molecule has 1 N–H and O–H groups in total. The van der Waals surface area contributed by atoms with Crippen molar-refractivity contribution in [2.24, 2.45) is 0 Å². The molecule has 2 heterocycles. The van der Waals surface area contributed by atoms with E-state index in [2.05, 4.69) is 46.9 Å². The van der Waals surface area contributed by atoms with Crippen LogP contribution in [-0.4, -0.2) is 48.6 Å². The van der Waals surface area contributed by atoms with Gasteiger partial charge in [-0.05, 0) is 38.1 Å². The van der Waals surface area contributed by atoms with Crippen LogP contribution in [0.15, 0.2) is 18.5 Å². The average Bonchev–Trinajstić information content (AvgIpc) is 2.48. The second-order valence-corrected chi connectivity index (χ2v) is 5.60. The van der Waals surface area contributed by atoms with Gasteiger partial charge in [0.15, 0.2) is 0 Å². The van der Waals surface area contributed by atoms with Crippen molar-refractivity contribution in [3.05, 3.63) is 24.0 Å². The van der Waals surface area contributed by atoms with Crippen LogP contribution in [0.3, 0.4) is 0 Å². The summed E-state index contributed by atoms with van der Waals surface area (Å²) in [5.74, 6) is 0. The Kier molecular flexibility index (Phi) is 5.80. The fraction of sp³-hybridized carbons (Fsp3) is 0.688. The highest BCUT2D eigenvalue weighted by molar-refractivity contribution is 5.52. The van der Waals surface area contributed by atoms with Crippen molar-refractivity contribution in [3.63, 3.8) is 0 Å². The van der Waals surface area contributed by atoms with Gasteiger partial charge in [-0.25, -0.2) is 0 Å². The Labute approximate surface area is 123 Å². The highest BCUT2D eigenvalue weighted by Crippen LogP contribution is 2.22. The van der Waals surface area contributed by atoms with Crippen LogP contribution in [0, 0.1) is 0 Å². The van der Waals surface area contributed by atoms with Crippen molar-refractivity contribution in [1.82, 2.24) is 15.2 Å². The van der Waals surface area contributed by atoms with E-state index < -0.39 is 0 Å². The van der Waals surface area contributed by atoms with E-state index in [1.54, 1.807) is 0 Å². The zero-order chi connectivity index (χ0) is 14.4. The summed E-state index contributed by atoms with van der Waals surface area (Å²) in [5, 5.41) is 3.50. The zero-order valence-electron chi connectivity index (χ0n) is 13.1. The van der Waals surface area contributed by atoms with E-state index in [0.29, 0.717) is 6.04 Å². The Morgan fingerprint density at radius 1 is 1.35 bits per heavy atom. The first-order valence-electron chi connectivity index (χ1n) is 7.88. The number of aromatic nitrogens is 1. The van der Waals surface area contributed by atoms with Crippen molar-refractivity contribution < 1.29 is 0 Å². The van der Waals surface area contributed by atoms with Gasteiger partial charge < -0.3 is 10.2 Å². The Balaban J connectivity index is 2.04. The van der Waals surface area contributed by atoms with Crippen molar-refractivity contribution >= 4 is 5.69 Å². The van der Waals surface area contributed by atoms with Gasteiger partial charge in [0, 0.05) is 38.4 Å². The molecule has 1 aromatic heterocycles. The number of likely N-dealkylation sites (N-methyl/N-ethyl adjacent to an activating group) is 1. The maximum atomic E-state index is 4.33. The second-order valence-electron chi connectivity index (χ2n) is 5.60. The van der Waals surface area contributed by atoms with Gasteiger partial charge in [0.05, 0.1) is 11.9 Å². The molecule has 4 nitrogen and oxygen atoms in total. The van der Waals surface area contributed by atoms with Crippen LogP contribution in [-0.2, 0) is 6.54 Å². The third kappa shape index (κ3) is 3.70. The lowest BCUT2D eigenvalue weighted by atomic mass is 10.1. The average molecular weight is 276 g/mol. The van der Waals surface area contributed by atoms with Gasteiger partial charge in [-0.1, -0.05) is 13.8 Å². The van der Waals surface area contributed by atoms with Crippen LogP contribution < -0.4 is 10.2 Å². The van der Waals surface area contributed by atoms with Crippen LogP contribution in [0.25, 0.3) is 0 Å². The fourth-order valence-electron chi connectivity index (χ4n) is 2.93. The molecule has 20 heavy (non-hydrogen) atoms. The summed E-state index contributed by atoms with van der Waals surface area (Å²) < 4.78 is 0. The summed E-state index contributed by atoms with van der Waals surface area (Å²) in [7, 11) is 0. The third-order valence-electron chi connectivity index (χ3n) is 4.14. The SMILES string of the molecule is CCCNCc1ccncc1N1CCN(CC)C(C)C1. The van der Waals surface area contributed by atoms with Gasteiger partial charge in [-0.2, -0.15) is 0 Å². The first-order chi connectivity index (χ1) is 9.76. The van der Waals surface area contributed by atoms with E-state index in [1.165, 1.54) is 17.7 Å². The molecule has 112 valence electrons. The number of rotatable bonds is 6. The van der Waals surface area contributed by atoms with Crippen LogP contribution in [0.2, 0.25) is 0 Å². The molecule has 4 heteroatoms. The van der Waals surface area contributed by atoms with Gasteiger partial charge in [-0.15, -0.1) is 0 Å². The maximum Gasteiger partial charge on any atom is 0.0599 e. The number of nitrogens with zero attached hydrogens (tertiary/aromatic N) is 3. The number of pyridine rings is 1. The summed E-state index contributed by atoms with van der Waals surface area (Å²) in [4.78, 5) is 9.37. The molecular formula is C16H28N4. The molecule has 0 saturated carbocycles. The normalized spacial score (nSPS) is 20.4. The molecule has 1 aliphatic rings. The Morgan fingerprint density at radius 3 is 2.90 bits per heavy atom. The minimum atomic E-state index is 0.616. The van der Waals surface area contributed by atoms with Gasteiger partial charge in [0.25, 0.3) is 0 Å². The highest BCUT2D eigenvalue weighted by atomic mass is 15.3. The maximum absolute atomic E-state index is 4.33. The van der Waals surface area contributed by atoms with Crippen molar-refractivity contribution in [3.8, 4) is 0 Å². The molecule has 1 saturated heterocycles. The molecular weight excluding hydrogens is 248 g/mol. The molecule has 1 atom stereocenters. The van der Waals surface area contributed by atoms with Gasteiger partial charge in [-0.3, -0.25) is 9.88 Å². The number of hydrogen-bond donors (Lipinski definition) is 1. The Hall–Kier alpha value is -1.13. The summed E-state index contributed by atoms with van der Waals surface area (Å²) in [6, 6.07) is 2.76. The minimum absolute atomic E-state index is 0.616. The number of hydrogen-bond acceptors (Lipinski definition) is 4. The fourth-order valence-corrected chi connectivity index (χ4v) is 2.93. The standard InChI is InChI=1S/C16H28N4/c1-4-7-17-11-15-6-8-18-12-16(15)20-10-9-19(5-2)14(3)13-20/h6,8,12,14,17H,4-5,7,9-11,13H2,1-3H3. The highest BCUT2D eigenvalue weighted by Gasteiger charge is 2.23. The van der Waals surface area contributed by atoms with Gasteiger partial charge in [0.1, 0.15) is 0 Å². The molecule has 0 aromatic carbocycles. The number of piperazine rings is 1.